The first-order chi connectivity index (χ1) is 7.63. The van der Waals surface area contributed by atoms with E-state index in [4.69, 9.17) is 0 Å². The predicted octanol–water partition coefficient (Wildman–Crippen LogP) is 1.87. The van der Waals surface area contributed by atoms with Gasteiger partial charge in [0.25, 0.3) is 0 Å². The van der Waals surface area contributed by atoms with Crippen LogP contribution in [0.5, 0.6) is 5.75 Å². The Morgan fingerprint density at radius 2 is 2.31 bits per heavy atom. The normalized spacial score (nSPS) is 9.81. The van der Waals surface area contributed by atoms with Gasteiger partial charge in [0.15, 0.2) is 0 Å². The zero-order valence-corrected chi connectivity index (χ0v) is 10.3. The summed E-state index contributed by atoms with van der Waals surface area (Å²) in [4.78, 5) is 11.4. The number of rotatable bonds is 5. The third-order valence-electron chi connectivity index (χ3n) is 1.81. The van der Waals surface area contributed by atoms with Gasteiger partial charge in [0.2, 0.25) is 5.91 Å². The monoisotopic (exact) mass is 284 g/mol. The fourth-order valence-corrected chi connectivity index (χ4v) is 1.45. The maximum atomic E-state index is 11.4. The first kappa shape index (κ1) is 12.7. The fraction of sp³-hybridized carbons (Fsp3) is 0.182. The smallest absolute Gasteiger partial charge is 0.238 e. The van der Waals surface area contributed by atoms with Gasteiger partial charge in [-0.1, -0.05) is 22.0 Å². The second-order valence-corrected chi connectivity index (χ2v) is 4.04. The number of amides is 1. The first-order valence-corrected chi connectivity index (χ1v) is 5.52. The van der Waals surface area contributed by atoms with Gasteiger partial charge in [-0.05, 0) is 18.2 Å². The SMILES string of the molecule is C=CCNCC(=O)Nc1cc(Br)ccc1O. The molecule has 0 fully saturated rings. The number of anilines is 1. The summed E-state index contributed by atoms with van der Waals surface area (Å²) in [7, 11) is 0. The van der Waals surface area contributed by atoms with Crippen LogP contribution >= 0.6 is 15.9 Å². The molecule has 0 aliphatic carbocycles. The number of phenolic OH excluding ortho intramolecular Hbond substituents is 1. The Hall–Kier alpha value is -1.33. The Morgan fingerprint density at radius 1 is 1.56 bits per heavy atom. The van der Waals surface area contributed by atoms with Crippen LogP contribution in [0.25, 0.3) is 0 Å². The number of benzene rings is 1. The van der Waals surface area contributed by atoms with E-state index in [1.165, 1.54) is 6.07 Å². The van der Waals surface area contributed by atoms with Crippen molar-refractivity contribution >= 4 is 27.5 Å². The molecular weight excluding hydrogens is 272 g/mol. The second kappa shape index (κ2) is 6.30. The topological polar surface area (TPSA) is 61.4 Å². The third kappa shape index (κ3) is 4.04. The molecule has 3 N–H and O–H groups in total. The first-order valence-electron chi connectivity index (χ1n) is 4.73. The van der Waals surface area contributed by atoms with Crippen LogP contribution in [0, 0.1) is 0 Å². The van der Waals surface area contributed by atoms with E-state index >= 15 is 0 Å². The lowest BCUT2D eigenvalue weighted by Crippen LogP contribution is -2.28. The molecule has 16 heavy (non-hydrogen) atoms. The van der Waals surface area contributed by atoms with Crippen LogP contribution in [-0.2, 0) is 4.79 Å². The van der Waals surface area contributed by atoms with Gasteiger partial charge in [-0.25, -0.2) is 0 Å². The van der Waals surface area contributed by atoms with Gasteiger partial charge < -0.3 is 15.7 Å². The Balaban J connectivity index is 2.55. The molecule has 0 saturated carbocycles. The van der Waals surface area contributed by atoms with Crippen molar-refractivity contribution in [3.8, 4) is 5.75 Å². The molecule has 4 nitrogen and oxygen atoms in total. The van der Waals surface area contributed by atoms with Crippen LogP contribution in [0.1, 0.15) is 0 Å². The maximum Gasteiger partial charge on any atom is 0.238 e. The van der Waals surface area contributed by atoms with Crippen molar-refractivity contribution < 1.29 is 9.90 Å². The minimum Gasteiger partial charge on any atom is -0.506 e. The number of hydrogen-bond acceptors (Lipinski definition) is 3. The highest BCUT2D eigenvalue weighted by atomic mass is 79.9. The molecule has 0 saturated heterocycles. The quantitative estimate of drug-likeness (QED) is 0.440. The van der Waals surface area contributed by atoms with Crippen LogP contribution in [0.3, 0.4) is 0 Å². The summed E-state index contributed by atoms with van der Waals surface area (Å²) >= 11 is 3.26. The highest BCUT2D eigenvalue weighted by Crippen LogP contribution is 2.26. The summed E-state index contributed by atoms with van der Waals surface area (Å²) in [5.74, 6) is -0.171. The van der Waals surface area contributed by atoms with Gasteiger partial charge in [0.1, 0.15) is 5.75 Å². The van der Waals surface area contributed by atoms with Crippen molar-refractivity contribution in [2.45, 2.75) is 0 Å². The van der Waals surface area contributed by atoms with Gasteiger partial charge in [-0.2, -0.15) is 0 Å². The number of phenols is 1. The Kier molecular flexibility index (Phi) is 5.01. The minimum atomic E-state index is -0.213. The molecular formula is C11H13BrN2O2. The molecule has 1 rings (SSSR count). The van der Waals surface area contributed by atoms with Gasteiger partial charge in [0.05, 0.1) is 12.2 Å². The number of halogens is 1. The zero-order chi connectivity index (χ0) is 12.0. The molecule has 1 amide bonds. The highest BCUT2D eigenvalue weighted by Gasteiger charge is 2.05. The standard InChI is InChI=1S/C11H13BrN2O2/c1-2-5-13-7-11(16)14-9-6-8(12)3-4-10(9)15/h2-4,6,13,15H,1,5,7H2,(H,14,16). The molecule has 1 aromatic rings. The van der Waals surface area contributed by atoms with Crippen molar-refractivity contribution in [2.75, 3.05) is 18.4 Å². The molecule has 0 heterocycles. The van der Waals surface area contributed by atoms with Gasteiger partial charge >= 0.3 is 0 Å². The van der Waals surface area contributed by atoms with Crippen molar-refractivity contribution in [1.29, 1.82) is 0 Å². The number of aromatic hydroxyl groups is 1. The van der Waals surface area contributed by atoms with Gasteiger partial charge in [-0.15, -0.1) is 6.58 Å². The molecule has 0 bridgehead atoms. The van der Waals surface area contributed by atoms with Crippen molar-refractivity contribution in [1.82, 2.24) is 5.32 Å². The van der Waals surface area contributed by atoms with Gasteiger partial charge in [0, 0.05) is 11.0 Å². The van der Waals surface area contributed by atoms with E-state index in [0.717, 1.165) is 4.47 Å². The van der Waals surface area contributed by atoms with E-state index in [0.29, 0.717) is 12.2 Å². The van der Waals surface area contributed by atoms with Crippen molar-refractivity contribution in [2.24, 2.45) is 0 Å². The summed E-state index contributed by atoms with van der Waals surface area (Å²) in [5.41, 5.74) is 0.389. The second-order valence-electron chi connectivity index (χ2n) is 3.13. The molecule has 1 aromatic carbocycles. The summed E-state index contributed by atoms with van der Waals surface area (Å²) < 4.78 is 0.791. The van der Waals surface area contributed by atoms with Crippen LogP contribution in [0.4, 0.5) is 5.69 Å². The lowest BCUT2D eigenvalue weighted by Gasteiger charge is -2.07. The number of carbonyl (C=O) groups is 1. The predicted molar refractivity (Wildman–Crippen MR) is 67.5 cm³/mol. The van der Waals surface area contributed by atoms with Crippen molar-refractivity contribution in [3.05, 3.63) is 35.3 Å². The third-order valence-corrected chi connectivity index (χ3v) is 2.30. The Morgan fingerprint density at radius 3 is 3.00 bits per heavy atom. The van der Waals surface area contributed by atoms with Crippen LogP contribution in [0.15, 0.2) is 35.3 Å². The van der Waals surface area contributed by atoms with E-state index in [1.807, 2.05) is 0 Å². The van der Waals surface area contributed by atoms with Crippen LogP contribution < -0.4 is 10.6 Å². The summed E-state index contributed by atoms with van der Waals surface area (Å²) in [6, 6.07) is 4.85. The zero-order valence-electron chi connectivity index (χ0n) is 8.66. The highest BCUT2D eigenvalue weighted by molar-refractivity contribution is 9.10. The van der Waals surface area contributed by atoms with E-state index in [2.05, 4.69) is 33.1 Å². The van der Waals surface area contributed by atoms with Crippen molar-refractivity contribution in [3.63, 3.8) is 0 Å². The van der Waals surface area contributed by atoms with E-state index in [1.54, 1.807) is 18.2 Å². The number of carbonyl (C=O) groups excluding carboxylic acids is 1. The average molecular weight is 285 g/mol. The lowest BCUT2D eigenvalue weighted by atomic mass is 10.3. The molecule has 0 unspecified atom stereocenters. The molecule has 0 aliphatic rings. The average Bonchev–Trinajstić information content (AvgIpc) is 2.24. The molecule has 5 heteroatoms. The molecule has 86 valence electrons. The largest absolute Gasteiger partial charge is 0.506 e. The molecule has 0 atom stereocenters. The lowest BCUT2D eigenvalue weighted by molar-refractivity contribution is -0.115. The molecule has 0 radical (unpaired) electrons. The maximum absolute atomic E-state index is 11.4. The summed E-state index contributed by atoms with van der Waals surface area (Å²) in [5, 5.41) is 14.9. The molecule has 0 aliphatic heterocycles. The molecule has 0 spiro atoms. The van der Waals surface area contributed by atoms with Gasteiger partial charge in [-0.3, -0.25) is 4.79 Å². The van der Waals surface area contributed by atoms with Crippen LogP contribution in [-0.4, -0.2) is 24.1 Å². The Bertz CT molecular complexity index is 394. The van der Waals surface area contributed by atoms with E-state index < -0.39 is 0 Å². The summed E-state index contributed by atoms with van der Waals surface area (Å²) in [6.45, 7) is 4.27. The number of nitrogens with one attached hydrogen (secondary N) is 2. The number of hydrogen-bond donors (Lipinski definition) is 3. The Labute approximate surface area is 102 Å². The molecule has 0 aromatic heterocycles. The van der Waals surface area contributed by atoms with E-state index in [-0.39, 0.29) is 18.2 Å². The fourth-order valence-electron chi connectivity index (χ4n) is 1.09. The summed E-state index contributed by atoms with van der Waals surface area (Å²) in [6.07, 6.45) is 1.67. The minimum absolute atomic E-state index is 0.0419. The van der Waals surface area contributed by atoms with Crippen LogP contribution in [0.2, 0.25) is 0 Å². The van der Waals surface area contributed by atoms with E-state index in [9.17, 15) is 9.90 Å².